The Morgan fingerprint density at radius 3 is 2.90 bits per heavy atom. The molecule has 0 bridgehead atoms. The lowest BCUT2D eigenvalue weighted by Gasteiger charge is -2.13. The number of amides is 1. The van der Waals surface area contributed by atoms with Gasteiger partial charge in [-0.15, -0.1) is 0 Å². The lowest BCUT2D eigenvalue weighted by Crippen LogP contribution is -2.29. The molecule has 1 heterocycles. The van der Waals surface area contributed by atoms with Gasteiger partial charge in [-0.1, -0.05) is 36.1 Å². The van der Waals surface area contributed by atoms with Crippen LogP contribution in [-0.2, 0) is 9.53 Å². The van der Waals surface area contributed by atoms with E-state index in [1.54, 1.807) is 19.1 Å². The fraction of sp³-hybridized carbons (Fsp3) is 0.333. The van der Waals surface area contributed by atoms with Crippen LogP contribution in [0, 0.1) is 0 Å². The topological polar surface area (TPSA) is 38.8 Å². The van der Waals surface area contributed by atoms with Crippen molar-refractivity contribution in [2.45, 2.75) is 6.42 Å². The minimum absolute atomic E-state index is 0.0380. The molecule has 0 aromatic heterocycles. The smallest absolute Gasteiger partial charge is 0.266 e. The van der Waals surface area contributed by atoms with Crippen LogP contribution in [0.15, 0.2) is 29.2 Å². The van der Waals surface area contributed by atoms with Gasteiger partial charge in [0.15, 0.2) is 0 Å². The summed E-state index contributed by atoms with van der Waals surface area (Å²) in [7, 11) is 3.27. The van der Waals surface area contributed by atoms with Crippen molar-refractivity contribution in [2.24, 2.45) is 0 Å². The van der Waals surface area contributed by atoms with Crippen molar-refractivity contribution in [1.82, 2.24) is 4.90 Å². The van der Waals surface area contributed by atoms with Crippen LogP contribution in [0.4, 0.5) is 0 Å². The maximum Gasteiger partial charge on any atom is 0.266 e. The molecule has 6 heteroatoms. The molecule has 0 aliphatic carbocycles. The maximum absolute atomic E-state index is 12.3. The van der Waals surface area contributed by atoms with Gasteiger partial charge in [0.1, 0.15) is 10.1 Å². The van der Waals surface area contributed by atoms with Crippen LogP contribution in [0.25, 0.3) is 6.08 Å². The Hall–Kier alpha value is -1.37. The highest BCUT2D eigenvalue weighted by Crippen LogP contribution is 2.32. The molecular weight excluding hydrogens is 306 g/mol. The molecule has 21 heavy (non-hydrogen) atoms. The van der Waals surface area contributed by atoms with Crippen LogP contribution in [0.2, 0.25) is 0 Å². The maximum atomic E-state index is 12.3. The molecule has 1 fully saturated rings. The SMILES string of the molecule is COCCCN1C(=O)/C(=C/c2cccc(OC)c2)SC1=S. The molecule has 1 aliphatic heterocycles. The summed E-state index contributed by atoms with van der Waals surface area (Å²) in [4.78, 5) is 14.6. The first-order chi connectivity index (χ1) is 10.2. The quantitative estimate of drug-likeness (QED) is 0.457. The van der Waals surface area contributed by atoms with Crippen molar-refractivity contribution in [3.05, 3.63) is 34.7 Å². The summed E-state index contributed by atoms with van der Waals surface area (Å²) in [5, 5.41) is 0. The summed E-state index contributed by atoms with van der Waals surface area (Å²) < 4.78 is 10.8. The van der Waals surface area contributed by atoms with Gasteiger partial charge in [0.25, 0.3) is 5.91 Å². The number of ether oxygens (including phenoxy) is 2. The molecule has 1 aromatic rings. The predicted molar refractivity (Wildman–Crippen MR) is 89.4 cm³/mol. The Morgan fingerprint density at radius 2 is 2.19 bits per heavy atom. The van der Waals surface area contributed by atoms with Crippen molar-refractivity contribution in [3.8, 4) is 5.75 Å². The van der Waals surface area contributed by atoms with Crippen LogP contribution in [0.3, 0.4) is 0 Å². The first kappa shape index (κ1) is 16.0. The third-order valence-electron chi connectivity index (χ3n) is 3.00. The molecule has 0 atom stereocenters. The average molecular weight is 323 g/mol. The summed E-state index contributed by atoms with van der Waals surface area (Å²) >= 11 is 6.61. The second-order valence-corrected chi connectivity index (χ2v) is 6.13. The third-order valence-corrected chi connectivity index (χ3v) is 4.37. The lowest BCUT2D eigenvalue weighted by molar-refractivity contribution is -0.122. The van der Waals surface area contributed by atoms with Crippen molar-refractivity contribution in [2.75, 3.05) is 27.4 Å². The number of thioether (sulfide) groups is 1. The highest BCUT2D eigenvalue weighted by molar-refractivity contribution is 8.26. The molecule has 1 aromatic carbocycles. The molecule has 0 saturated carbocycles. The summed E-state index contributed by atoms with van der Waals surface area (Å²) in [5.41, 5.74) is 0.923. The van der Waals surface area contributed by atoms with E-state index in [1.807, 2.05) is 30.3 Å². The van der Waals surface area contributed by atoms with Crippen molar-refractivity contribution in [1.29, 1.82) is 0 Å². The number of rotatable bonds is 6. The minimum atomic E-state index is -0.0380. The van der Waals surface area contributed by atoms with E-state index in [1.165, 1.54) is 11.8 Å². The van der Waals surface area contributed by atoms with Gasteiger partial charge in [-0.3, -0.25) is 9.69 Å². The van der Waals surface area contributed by atoms with E-state index in [2.05, 4.69) is 0 Å². The van der Waals surface area contributed by atoms with Gasteiger partial charge in [0, 0.05) is 20.3 Å². The van der Waals surface area contributed by atoms with Gasteiger partial charge in [-0.2, -0.15) is 0 Å². The second-order valence-electron chi connectivity index (χ2n) is 4.46. The number of nitrogens with zero attached hydrogens (tertiary/aromatic N) is 1. The first-order valence-electron chi connectivity index (χ1n) is 6.54. The highest BCUT2D eigenvalue weighted by atomic mass is 32.2. The van der Waals surface area contributed by atoms with Crippen molar-refractivity contribution in [3.63, 3.8) is 0 Å². The summed E-state index contributed by atoms with van der Waals surface area (Å²) in [5.74, 6) is 0.725. The zero-order chi connectivity index (χ0) is 15.2. The molecule has 112 valence electrons. The van der Waals surface area contributed by atoms with Crippen LogP contribution in [0.5, 0.6) is 5.75 Å². The van der Waals surface area contributed by atoms with Gasteiger partial charge in [0.2, 0.25) is 0 Å². The van der Waals surface area contributed by atoms with E-state index in [4.69, 9.17) is 21.7 Å². The molecule has 0 radical (unpaired) electrons. The Balaban J connectivity index is 2.12. The number of hydrogen-bond donors (Lipinski definition) is 0. The van der Waals surface area contributed by atoms with E-state index < -0.39 is 0 Å². The molecule has 0 N–H and O–H groups in total. The number of carbonyl (C=O) groups excluding carboxylic acids is 1. The lowest BCUT2D eigenvalue weighted by atomic mass is 10.2. The van der Waals surface area contributed by atoms with E-state index >= 15 is 0 Å². The Bertz CT molecular complexity index is 572. The van der Waals surface area contributed by atoms with Crippen LogP contribution >= 0.6 is 24.0 Å². The van der Waals surface area contributed by atoms with E-state index in [-0.39, 0.29) is 5.91 Å². The Kier molecular flexibility index (Phi) is 5.78. The van der Waals surface area contributed by atoms with Crippen LogP contribution in [-0.4, -0.2) is 42.5 Å². The van der Waals surface area contributed by atoms with Gasteiger partial charge in [-0.25, -0.2) is 0 Å². The second kappa shape index (κ2) is 7.59. The third kappa shape index (κ3) is 4.06. The average Bonchev–Trinajstić information content (AvgIpc) is 2.75. The summed E-state index contributed by atoms with van der Waals surface area (Å²) in [6.45, 7) is 1.21. The molecule has 2 rings (SSSR count). The number of benzene rings is 1. The molecule has 4 nitrogen and oxygen atoms in total. The molecule has 0 spiro atoms. The van der Waals surface area contributed by atoms with Gasteiger partial charge in [0.05, 0.1) is 12.0 Å². The normalized spacial score (nSPS) is 16.9. The standard InChI is InChI=1S/C15H17NO3S2/c1-18-8-4-7-16-14(17)13(21-15(16)20)10-11-5-3-6-12(9-11)19-2/h3,5-6,9-10H,4,7-8H2,1-2H3/b13-10-. The molecular formula is C15H17NO3S2. The van der Waals surface area contributed by atoms with E-state index in [0.29, 0.717) is 22.4 Å². The van der Waals surface area contributed by atoms with Gasteiger partial charge in [-0.05, 0) is 30.2 Å². The molecule has 1 saturated heterocycles. The predicted octanol–water partition coefficient (Wildman–Crippen LogP) is 2.93. The summed E-state index contributed by atoms with van der Waals surface area (Å²) in [6, 6.07) is 7.58. The number of carbonyl (C=O) groups is 1. The van der Waals surface area contributed by atoms with E-state index in [0.717, 1.165) is 17.7 Å². The first-order valence-corrected chi connectivity index (χ1v) is 7.76. The zero-order valence-electron chi connectivity index (χ0n) is 12.0. The zero-order valence-corrected chi connectivity index (χ0v) is 13.6. The fourth-order valence-electron chi connectivity index (χ4n) is 1.94. The number of thiocarbonyl (C=S) groups is 1. The largest absolute Gasteiger partial charge is 0.497 e. The Labute approximate surface area is 134 Å². The van der Waals surface area contributed by atoms with Crippen molar-refractivity contribution >= 4 is 40.3 Å². The molecule has 1 aliphatic rings. The fourth-order valence-corrected chi connectivity index (χ4v) is 3.25. The summed E-state index contributed by atoms with van der Waals surface area (Å²) in [6.07, 6.45) is 2.62. The highest BCUT2D eigenvalue weighted by Gasteiger charge is 2.31. The monoisotopic (exact) mass is 323 g/mol. The molecule has 1 amide bonds. The van der Waals surface area contributed by atoms with Gasteiger partial charge >= 0.3 is 0 Å². The Morgan fingerprint density at radius 1 is 1.38 bits per heavy atom. The van der Waals surface area contributed by atoms with Crippen molar-refractivity contribution < 1.29 is 14.3 Å². The van der Waals surface area contributed by atoms with E-state index in [9.17, 15) is 4.79 Å². The van der Waals surface area contributed by atoms with Crippen LogP contribution < -0.4 is 4.74 Å². The van der Waals surface area contributed by atoms with Crippen LogP contribution in [0.1, 0.15) is 12.0 Å². The number of hydrogen-bond acceptors (Lipinski definition) is 5. The molecule has 0 unspecified atom stereocenters. The number of methoxy groups -OCH3 is 2. The van der Waals surface area contributed by atoms with Gasteiger partial charge < -0.3 is 9.47 Å². The minimum Gasteiger partial charge on any atom is -0.497 e.